The number of halogens is 3. The Balaban J connectivity index is 0.000000789. The first kappa shape index (κ1) is 29.8. The van der Waals surface area contributed by atoms with Crippen molar-refractivity contribution >= 4 is 23.8 Å². The number of rotatable bonds is 6. The van der Waals surface area contributed by atoms with E-state index in [1.807, 2.05) is 25.3 Å². The molecule has 0 atom stereocenters. The standard InChI is InChI=1S/C19H23F3N6O.C6H7N/c1-6-8-16(24-11-12-28-15(9-10-25-28)19(20,21)22)26-18(29)14(3)13-17(23-7-2)27(4)5;1-6-3-2-4-7-5-6/h6-13H,2H2,1,3-5H3,(H,24,26,29);2-5H,1H3/b8-6-,12-11+,14-13+,23-17?;. The second-order valence-corrected chi connectivity index (χ2v) is 7.35. The molecule has 0 aliphatic heterocycles. The molecule has 0 aromatic carbocycles. The van der Waals surface area contributed by atoms with Crippen LogP contribution in [0, 0.1) is 6.92 Å². The van der Waals surface area contributed by atoms with Crippen LogP contribution in [0.15, 0.2) is 89.6 Å². The molecule has 0 aliphatic rings. The third-order valence-corrected chi connectivity index (χ3v) is 4.14. The number of pyridine rings is 1. The minimum atomic E-state index is -4.54. The Labute approximate surface area is 209 Å². The summed E-state index contributed by atoms with van der Waals surface area (Å²) in [6, 6.07) is 4.80. The van der Waals surface area contributed by atoms with Crippen LogP contribution in [0.2, 0.25) is 0 Å². The molecule has 0 saturated carbocycles. The number of hydrogen-bond donors (Lipinski definition) is 1. The van der Waals surface area contributed by atoms with Crippen LogP contribution >= 0.6 is 0 Å². The van der Waals surface area contributed by atoms with Crippen LogP contribution in [0.25, 0.3) is 6.20 Å². The number of hydrogen-bond acceptors (Lipinski definition) is 5. The topological polar surface area (TPSA) is 87.8 Å². The molecule has 0 aliphatic carbocycles. The molecule has 0 spiro atoms. The van der Waals surface area contributed by atoms with E-state index in [0.717, 1.165) is 24.7 Å². The minimum absolute atomic E-state index is 0.147. The Morgan fingerprint density at radius 3 is 2.44 bits per heavy atom. The van der Waals surface area contributed by atoms with E-state index < -0.39 is 17.8 Å². The van der Waals surface area contributed by atoms with Gasteiger partial charge in [-0.15, -0.1) is 0 Å². The van der Waals surface area contributed by atoms with Crippen molar-refractivity contribution in [1.82, 2.24) is 25.0 Å². The van der Waals surface area contributed by atoms with Gasteiger partial charge >= 0.3 is 6.18 Å². The van der Waals surface area contributed by atoms with E-state index >= 15 is 0 Å². The van der Waals surface area contributed by atoms with Gasteiger partial charge in [0.25, 0.3) is 5.91 Å². The van der Waals surface area contributed by atoms with Crippen molar-refractivity contribution in [2.45, 2.75) is 26.9 Å². The third-order valence-electron chi connectivity index (χ3n) is 4.14. The molecule has 2 rings (SSSR count). The Bertz CT molecular complexity index is 1140. The number of amides is 1. The predicted molar refractivity (Wildman–Crippen MR) is 137 cm³/mol. The van der Waals surface area contributed by atoms with E-state index in [0.29, 0.717) is 16.1 Å². The summed E-state index contributed by atoms with van der Waals surface area (Å²) in [6.45, 7) is 8.86. The lowest BCUT2D eigenvalue weighted by molar-refractivity contribution is -0.142. The smallest absolute Gasteiger partial charge is 0.363 e. The predicted octanol–water partition coefficient (Wildman–Crippen LogP) is 4.86. The first-order valence-electron chi connectivity index (χ1n) is 10.7. The molecule has 2 heterocycles. The zero-order valence-corrected chi connectivity index (χ0v) is 20.9. The molecule has 1 N–H and O–H groups in total. The molecule has 11 heteroatoms. The lowest BCUT2D eigenvalue weighted by Crippen LogP contribution is -2.30. The highest BCUT2D eigenvalue weighted by Gasteiger charge is 2.34. The number of amidine groups is 2. The second-order valence-electron chi connectivity index (χ2n) is 7.35. The van der Waals surface area contributed by atoms with E-state index in [1.54, 1.807) is 51.2 Å². The molecule has 0 radical (unpaired) electrons. The summed E-state index contributed by atoms with van der Waals surface area (Å²) in [5, 5.41) is 6.16. The van der Waals surface area contributed by atoms with Gasteiger partial charge in [-0.05, 0) is 50.6 Å². The average molecular weight is 502 g/mol. The van der Waals surface area contributed by atoms with Crippen molar-refractivity contribution in [3.8, 4) is 0 Å². The van der Waals surface area contributed by atoms with Gasteiger partial charge in [0.1, 0.15) is 17.4 Å². The van der Waals surface area contributed by atoms with Crippen LogP contribution in [-0.4, -0.2) is 51.3 Å². The maximum atomic E-state index is 12.8. The highest BCUT2D eigenvalue weighted by Crippen LogP contribution is 2.28. The van der Waals surface area contributed by atoms with E-state index in [1.165, 1.54) is 17.8 Å². The van der Waals surface area contributed by atoms with Crippen molar-refractivity contribution in [2.75, 3.05) is 14.1 Å². The summed E-state index contributed by atoms with van der Waals surface area (Å²) in [5.74, 6) is 0.230. The van der Waals surface area contributed by atoms with Gasteiger partial charge in [0.2, 0.25) is 0 Å². The van der Waals surface area contributed by atoms with Gasteiger partial charge in [0.15, 0.2) is 0 Å². The highest BCUT2D eigenvalue weighted by molar-refractivity contribution is 6.12. The number of aliphatic imine (C=N–C) groups is 2. The summed E-state index contributed by atoms with van der Waals surface area (Å²) < 4.78 is 39.2. The van der Waals surface area contributed by atoms with Crippen LogP contribution in [0.4, 0.5) is 13.2 Å². The molecule has 0 unspecified atom stereocenters. The van der Waals surface area contributed by atoms with E-state index in [2.05, 4.69) is 32.0 Å². The number of likely N-dealkylation sites (N-methyl/N-ethyl adjacent to an activating group) is 1. The number of carbonyl (C=O) groups excluding carboxylic acids is 1. The largest absolute Gasteiger partial charge is 0.433 e. The zero-order chi connectivity index (χ0) is 27.1. The Morgan fingerprint density at radius 2 is 1.94 bits per heavy atom. The van der Waals surface area contributed by atoms with E-state index in [9.17, 15) is 18.0 Å². The van der Waals surface area contributed by atoms with Crippen molar-refractivity contribution in [2.24, 2.45) is 9.98 Å². The van der Waals surface area contributed by atoms with Gasteiger partial charge in [-0.1, -0.05) is 18.7 Å². The maximum Gasteiger partial charge on any atom is 0.433 e. The molecule has 192 valence electrons. The lowest BCUT2D eigenvalue weighted by atomic mass is 10.2. The monoisotopic (exact) mass is 501 g/mol. The Kier molecular flexibility index (Phi) is 12.3. The molecule has 0 fully saturated rings. The first-order chi connectivity index (χ1) is 17.0. The van der Waals surface area contributed by atoms with Gasteiger partial charge < -0.3 is 10.2 Å². The first-order valence-corrected chi connectivity index (χ1v) is 10.7. The van der Waals surface area contributed by atoms with Gasteiger partial charge in [0.05, 0.1) is 0 Å². The summed E-state index contributed by atoms with van der Waals surface area (Å²) in [6.07, 6.45) is 8.32. The molecule has 8 nitrogen and oxygen atoms in total. The molecule has 2 aromatic heterocycles. The van der Waals surface area contributed by atoms with Gasteiger partial charge in [-0.25, -0.2) is 14.7 Å². The fraction of sp³-hybridized carbons (Fsp3) is 0.240. The lowest BCUT2D eigenvalue weighted by Gasteiger charge is -2.12. The number of alkyl halides is 3. The van der Waals surface area contributed by atoms with Gasteiger partial charge in [-0.3, -0.25) is 9.78 Å². The van der Waals surface area contributed by atoms with Crippen LogP contribution in [0.3, 0.4) is 0 Å². The summed E-state index contributed by atoms with van der Waals surface area (Å²) in [7, 11) is 3.54. The second kappa shape index (κ2) is 14.9. The molecule has 0 bridgehead atoms. The summed E-state index contributed by atoms with van der Waals surface area (Å²) >= 11 is 0. The number of nitrogens with zero attached hydrogens (tertiary/aromatic N) is 6. The van der Waals surface area contributed by atoms with Gasteiger partial charge in [-0.2, -0.15) is 18.3 Å². The third kappa shape index (κ3) is 10.8. The number of carbonyl (C=O) groups is 1. The minimum Gasteiger partial charge on any atom is -0.363 e. The van der Waals surface area contributed by atoms with Crippen molar-refractivity contribution in [3.63, 3.8) is 0 Å². The summed E-state index contributed by atoms with van der Waals surface area (Å²) in [4.78, 5) is 26.0. The maximum absolute atomic E-state index is 12.8. The van der Waals surface area contributed by atoms with E-state index in [4.69, 9.17) is 0 Å². The van der Waals surface area contributed by atoms with Crippen LogP contribution in [0.5, 0.6) is 0 Å². The Hall–Kier alpha value is -4.28. The Morgan fingerprint density at radius 1 is 1.22 bits per heavy atom. The number of allylic oxidation sites excluding steroid dienone is 1. The SMILES string of the molecule is C=CN=C(/C=C(\C)C(=O)NC(/C=C\C)=N/C=C/n1nccc1C(F)(F)F)N(C)C.Cc1cccnc1. The molecule has 1 amide bonds. The molecule has 0 saturated heterocycles. The average Bonchev–Trinajstić information content (AvgIpc) is 3.29. The number of aromatic nitrogens is 3. The molecule has 36 heavy (non-hydrogen) atoms. The van der Waals surface area contributed by atoms with Crippen LogP contribution in [-0.2, 0) is 11.0 Å². The van der Waals surface area contributed by atoms with Gasteiger partial charge in [0, 0.05) is 56.9 Å². The normalized spacial score (nSPS) is 12.9. The van der Waals surface area contributed by atoms with Crippen molar-refractivity contribution in [1.29, 1.82) is 0 Å². The fourth-order valence-corrected chi connectivity index (χ4v) is 2.41. The van der Waals surface area contributed by atoms with Crippen LogP contribution in [0.1, 0.15) is 25.1 Å². The quantitative estimate of drug-likeness (QED) is 0.348. The summed E-state index contributed by atoms with van der Waals surface area (Å²) in [5.41, 5.74) is 0.631. The molecular weight excluding hydrogens is 471 g/mol. The molecular formula is C25H30F3N7O. The van der Waals surface area contributed by atoms with E-state index in [-0.39, 0.29) is 5.84 Å². The highest BCUT2D eigenvalue weighted by atomic mass is 19.4. The van der Waals surface area contributed by atoms with Crippen molar-refractivity contribution < 1.29 is 18.0 Å². The zero-order valence-electron chi connectivity index (χ0n) is 20.9. The number of nitrogens with one attached hydrogen (secondary N) is 1. The van der Waals surface area contributed by atoms with Crippen molar-refractivity contribution in [3.05, 3.63) is 90.8 Å². The molecule has 2 aromatic rings. The fourth-order valence-electron chi connectivity index (χ4n) is 2.41. The number of aryl methyl sites for hydroxylation is 1. The van der Waals surface area contributed by atoms with Crippen LogP contribution < -0.4 is 5.32 Å².